The molecule has 2 aromatic carbocycles. The first-order valence-corrected chi connectivity index (χ1v) is 11.3. The number of hydrogen-bond acceptors (Lipinski definition) is 4. The van der Waals surface area contributed by atoms with E-state index in [2.05, 4.69) is 10.6 Å². The predicted octanol–water partition coefficient (Wildman–Crippen LogP) is 4.24. The molecule has 0 radical (unpaired) electrons. The zero-order chi connectivity index (χ0) is 24.0. The Morgan fingerprint density at radius 3 is 2.61 bits per heavy atom. The third kappa shape index (κ3) is 6.92. The first-order chi connectivity index (χ1) is 15.7. The smallest absolute Gasteiger partial charge is 0.319 e. The van der Waals surface area contributed by atoms with Crippen LogP contribution in [0.4, 0.5) is 20.6 Å². The maximum Gasteiger partial charge on any atom is 0.319 e. The summed E-state index contributed by atoms with van der Waals surface area (Å²) >= 11 is 0. The Hall–Kier alpha value is -3.13. The van der Waals surface area contributed by atoms with Crippen LogP contribution in [0.1, 0.15) is 42.6 Å². The summed E-state index contributed by atoms with van der Waals surface area (Å²) < 4.78 is 19.6. The molecule has 7 nitrogen and oxygen atoms in total. The maximum absolute atomic E-state index is 13.8. The first kappa shape index (κ1) is 24.5. The van der Waals surface area contributed by atoms with Crippen LogP contribution in [0.3, 0.4) is 0 Å². The van der Waals surface area contributed by atoms with Gasteiger partial charge in [0.25, 0.3) is 5.91 Å². The molecule has 33 heavy (non-hydrogen) atoms. The van der Waals surface area contributed by atoms with Crippen molar-refractivity contribution in [3.05, 3.63) is 59.4 Å². The standard InChI is InChI=1S/C25H33FN4O3/c1-17(2)27-25(32)28-21-10-11-23(29(3)4)19(14-21)15-30(16-22-9-6-12-33-22)24(31)18-7-5-8-20(26)13-18/h5,7-8,10-11,13-14,17,22H,6,9,12,15-16H2,1-4H3,(H2,27,28,32)/t22-/m1/s1. The van der Waals surface area contributed by atoms with E-state index < -0.39 is 5.82 Å². The number of halogens is 1. The lowest BCUT2D eigenvalue weighted by Crippen LogP contribution is -2.37. The molecule has 2 N–H and O–H groups in total. The van der Waals surface area contributed by atoms with E-state index in [0.29, 0.717) is 30.9 Å². The van der Waals surface area contributed by atoms with Gasteiger partial charge in [-0.3, -0.25) is 4.79 Å². The lowest BCUT2D eigenvalue weighted by molar-refractivity contribution is 0.0507. The van der Waals surface area contributed by atoms with Gasteiger partial charge in [-0.1, -0.05) is 6.07 Å². The molecule has 0 aromatic heterocycles. The number of nitrogens with zero attached hydrogens (tertiary/aromatic N) is 2. The molecule has 0 saturated carbocycles. The number of ether oxygens (including phenoxy) is 1. The fourth-order valence-corrected chi connectivity index (χ4v) is 3.92. The van der Waals surface area contributed by atoms with Crippen molar-refractivity contribution in [2.75, 3.05) is 37.5 Å². The molecule has 0 aliphatic carbocycles. The Kier molecular flexibility index (Phi) is 8.27. The molecule has 1 atom stereocenters. The number of anilines is 2. The van der Waals surface area contributed by atoms with Gasteiger partial charge < -0.3 is 25.2 Å². The molecule has 0 unspecified atom stereocenters. The SMILES string of the molecule is CC(C)NC(=O)Nc1ccc(N(C)C)c(CN(C[C@H]2CCCO2)C(=O)c2cccc(F)c2)c1. The van der Waals surface area contributed by atoms with Crippen molar-refractivity contribution in [3.8, 4) is 0 Å². The largest absolute Gasteiger partial charge is 0.377 e. The van der Waals surface area contributed by atoms with Crippen molar-refractivity contribution in [3.63, 3.8) is 0 Å². The Labute approximate surface area is 194 Å². The van der Waals surface area contributed by atoms with Crippen LogP contribution in [0.15, 0.2) is 42.5 Å². The summed E-state index contributed by atoms with van der Waals surface area (Å²) in [5.41, 5.74) is 2.72. The van der Waals surface area contributed by atoms with Crippen LogP contribution in [0, 0.1) is 5.82 Å². The molecule has 1 saturated heterocycles. The summed E-state index contributed by atoms with van der Waals surface area (Å²) in [5.74, 6) is -0.708. The number of urea groups is 1. The lowest BCUT2D eigenvalue weighted by Gasteiger charge is -2.28. The molecule has 8 heteroatoms. The third-order valence-corrected chi connectivity index (χ3v) is 5.41. The summed E-state index contributed by atoms with van der Waals surface area (Å²) in [6.07, 6.45) is 1.79. The Bertz CT molecular complexity index is 974. The molecule has 3 amide bonds. The predicted molar refractivity (Wildman–Crippen MR) is 128 cm³/mol. The van der Waals surface area contributed by atoms with Crippen LogP contribution in [0.2, 0.25) is 0 Å². The average molecular weight is 457 g/mol. The summed E-state index contributed by atoms with van der Waals surface area (Å²) in [6.45, 7) is 5.17. The van der Waals surface area contributed by atoms with Gasteiger partial charge >= 0.3 is 6.03 Å². The van der Waals surface area contributed by atoms with Crippen molar-refractivity contribution >= 4 is 23.3 Å². The molecule has 3 rings (SSSR count). The second kappa shape index (κ2) is 11.1. The van der Waals surface area contributed by atoms with E-state index in [0.717, 1.165) is 24.1 Å². The van der Waals surface area contributed by atoms with Crippen LogP contribution in [-0.4, -0.2) is 56.2 Å². The number of carbonyl (C=O) groups is 2. The van der Waals surface area contributed by atoms with Gasteiger partial charge in [-0.2, -0.15) is 0 Å². The number of benzene rings is 2. The fraction of sp³-hybridized carbons (Fsp3) is 0.440. The highest BCUT2D eigenvalue weighted by molar-refractivity contribution is 5.94. The maximum atomic E-state index is 13.8. The monoisotopic (exact) mass is 456 g/mol. The van der Waals surface area contributed by atoms with Crippen molar-refractivity contribution in [1.29, 1.82) is 0 Å². The second-order valence-electron chi connectivity index (χ2n) is 8.82. The topological polar surface area (TPSA) is 73.9 Å². The highest BCUT2D eigenvalue weighted by Crippen LogP contribution is 2.26. The number of nitrogens with one attached hydrogen (secondary N) is 2. The van der Waals surface area contributed by atoms with Crippen LogP contribution < -0.4 is 15.5 Å². The highest BCUT2D eigenvalue weighted by Gasteiger charge is 2.25. The van der Waals surface area contributed by atoms with E-state index >= 15 is 0 Å². The average Bonchev–Trinajstić information content (AvgIpc) is 3.25. The van der Waals surface area contributed by atoms with Gasteiger partial charge in [0.05, 0.1) is 6.10 Å². The number of hydrogen-bond donors (Lipinski definition) is 2. The van der Waals surface area contributed by atoms with E-state index in [-0.39, 0.29) is 24.1 Å². The summed E-state index contributed by atoms with van der Waals surface area (Å²) in [4.78, 5) is 29.2. The van der Waals surface area contributed by atoms with Gasteiger partial charge in [-0.15, -0.1) is 0 Å². The van der Waals surface area contributed by atoms with E-state index in [4.69, 9.17) is 4.74 Å². The number of amides is 3. The minimum atomic E-state index is -0.450. The van der Waals surface area contributed by atoms with Crippen molar-refractivity contribution in [2.24, 2.45) is 0 Å². The van der Waals surface area contributed by atoms with Crippen LogP contribution in [0.25, 0.3) is 0 Å². The molecule has 1 aliphatic rings. The second-order valence-corrected chi connectivity index (χ2v) is 8.82. The molecular formula is C25H33FN4O3. The van der Waals surface area contributed by atoms with Gasteiger partial charge in [0, 0.05) is 56.8 Å². The quantitative estimate of drug-likeness (QED) is 0.623. The van der Waals surface area contributed by atoms with Gasteiger partial charge in [-0.25, -0.2) is 9.18 Å². The van der Waals surface area contributed by atoms with Crippen LogP contribution in [0.5, 0.6) is 0 Å². The van der Waals surface area contributed by atoms with Crippen molar-refractivity contribution < 1.29 is 18.7 Å². The zero-order valence-electron chi connectivity index (χ0n) is 19.7. The van der Waals surface area contributed by atoms with E-state index in [1.54, 1.807) is 11.0 Å². The summed E-state index contributed by atoms with van der Waals surface area (Å²) in [6, 6.07) is 11.1. The van der Waals surface area contributed by atoms with Gasteiger partial charge in [0.1, 0.15) is 5.82 Å². The Morgan fingerprint density at radius 2 is 1.97 bits per heavy atom. The molecule has 1 aliphatic heterocycles. The molecule has 0 bridgehead atoms. The number of carbonyl (C=O) groups excluding carboxylic acids is 2. The first-order valence-electron chi connectivity index (χ1n) is 11.3. The molecular weight excluding hydrogens is 423 g/mol. The van der Waals surface area contributed by atoms with Crippen molar-refractivity contribution in [1.82, 2.24) is 10.2 Å². The van der Waals surface area contributed by atoms with E-state index in [1.807, 2.05) is 51.0 Å². The van der Waals surface area contributed by atoms with Crippen molar-refractivity contribution in [2.45, 2.75) is 45.4 Å². The fourth-order valence-electron chi connectivity index (χ4n) is 3.92. The number of rotatable bonds is 8. The van der Waals surface area contributed by atoms with Crippen LogP contribution in [-0.2, 0) is 11.3 Å². The Balaban J connectivity index is 1.89. The van der Waals surface area contributed by atoms with Gasteiger partial charge in [-0.05, 0) is 68.7 Å². The van der Waals surface area contributed by atoms with E-state index in [1.165, 1.54) is 18.2 Å². The van der Waals surface area contributed by atoms with Crippen LogP contribution >= 0.6 is 0 Å². The Morgan fingerprint density at radius 1 is 1.18 bits per heavy atom. The van der Waals surface area contributed by atoms with E-state index in [9.17, 15) is 14.0 Å². The highest BCUT2D eigenvalue weighted by atomic mass is 19.1. The molecule has 0 spiro atoms. The van der Waals surface area contributed by atoms with Gasteiger partial charge in [0.15, 0.2) is 0 Å². The third-order valence-electron chi connectivity index (χ3n) is 5.41. The van der Waals surface area contributed by atoms with Gasteiger partial charge in [0.2, 0.25) is 0 Å². The molecule has 2 aromatic rings. The normalized spacial score (nSPS) is 15.4. The summed E-state index contributed by atoms with van der Waals surface area (Å²) in [5, 5.41) is 5.65. The molecule has 1 heterocycles. The zero-order valence-corrected chi connectivity index (χ0v) is 19.7. The molecule has 1 fully saturated rings. The lowest BCUT2D eigenvalue weighted by atomic mass is 10.1. The minimum absolute atomic E-state index is 0.0105. The minimum Gasteiger partial charge on any atom is -0.377 e. The molecule has 178 valence electrons. The summed E-state index contributed by atoms with van der Waals surface area (Å²) in [7, 11) is 3.85.